The minimum atomic E-state index is -3.54. The Hall–Kier alpha value is -2.60. The van der Waals surface area contributed by atoms with Crippen LogP contribution in [0.5, 0.6) is 0 Å². The molecule has 0 aliphatic carbocycles. The lowest BCUT2D eigenvalue weighted by Gasteiger charge is -2.26. The molecule has 2 aromatic heterocycles. The van der Waals surface area contributed by atoms with Crippen molar-refractivity contribution in [3.8, 4) is 0 Å². The van der Waals surface area contributed by atoms with Crippen molar-refractivity contribution in [2.45, 2.75) is 59.4 Å². The lowest BCUT2D eigenvalue weighted by Crippen LogP contribution is -2.39. The summed E-state index contributed by atoms with van der Waals surface area (Å²) in [7, 11) is -3.54. The van der Waals surface area contributed by atoms with Crippen LogP contribution in [-0.2, 0) is 30.2 Å². The summed E-state index contributed by atoms with van der Waals surface area (Å²) in [5.41, 5.74) is 6.81. The lowest BCUT2D eigenvalue weighted by molar-refractivity contribution is -0.151. The number of ether oxygens (including phenoxy) is 2. The van der Waals surface area contributed by atoms with Crippen molar-refractivity contribution in [1.29, 1.82) is 0 Å². The number of hydrogen-bond donors (Lipinski definition) is 4. The fourth-order valence-electron chi connectivity index (χ4n) is 2.81. The second-order valence-electron chi connectivity index (χ2n) is 8.11. The molecule has 0 spiro atoms. The fourth-order valence-corrected chi connectivity index (χ4v) is 4.83. The molecule has 0 fully saturated rings. The number of fused-ring (bicyclic) bond motifs is 1. The number of carbonyl (C=O) groups excluding carboxylic acids is 1. The van der Waals surface area contributed by atoms with Crippen molar-refractivity contribution < 1.29 is 28.7 Å². The van der Waals surface area contributed by atoms with Gasteiger partial charge in [0.15, 0.2) is 11.5 Å². The predicted molar refractivity (Wildman–Crippen MR) is 121 cm³/mol. The number of aliphatic carboxylic acids is 1. The van der Waals surface area contributed by atoms with Gasteiger partial charge in [-0.1, -0.05) is 6.92 Å². The quantitative estimate of drug-likeness (QED) is 0.235. The van der Waals surface area contributed by atoms with Gasteiger partial charge < -0.3 is 24.9 Å². The molecule has 2 aromatic rings. The van der Waals surface area contributed by atoms with Crippen LogP contribution in [-0.4, -0.2) is 67.7 Å². The first-order valence-electron chi connectivity index (χ1n) is 10.5. The summed E-state index contributed by atoms with van der Waals surface area (Å²) < 4.78 is 26.1. The Labute approximate surface area is 191 Å². The Morgan fingerprint density at radius 1 is 1.21 bits per heavy atom. The average Bonchev–Trinajstić information content (AvgIpc) is 3.14. The number of esters is 1. The Balaban J connectivity index is 2.03. The Bertz CT molecular complexity index is 1010. The molecule has 2 rings (SSSR count). The normalized spacial score (nSPS) is 16.3. The largest absolute Gasteiger partial charge is 0.480 e. The van der Waals surface area contributed by atoms with Gasteiger partial charge in [-0.2, -0.15) is 0 Å². The summed E-state index contributed by atoms with van der Waals surface area (Å²) in [5.74, 6) is -1.95. The lowest BCUT2D eigenvalue weighted by atomic mass is 10.2. The summed E-state index contributed by atoms with van der Waals surface area (Å²) in [6.45, 7) is 8.59. The molecular weight excluding hydrogens is 453 g/mol. The number of carboxylic acid groups (broad SMARTS) is 1. The first kappa shape index (κ1) is 26.7. The topological polar surface area (TPSA) is 184 Å². The van der Waals surface area contributed by atoms with Crippen LogP contribution in [0.3, 0.4) is 0 Å². The first-order chi connectivity index (χ1) is 15.4. The third-order valence-electron chi connectivity index (χ3n) is 4.60. The zero-order valence-corrected chi connectivity index (χ0v) is 20.3. The molecule has 0 radical (unpaired) electrons. The molecule has 0 aliphatic heterocycles. The van der Waals surface area contributed by atoms with Gasteiger partial charge in [-0.3, -0.25) is 19.2 Å². The van der Waals surface area contributed by atoms with Crippen molar-refractivity contribution in [2.75, 3.05) is 18.6 Å². The van der Waals surface area contributed by atoms with Crippen LogP contribution in [0, 0.1) is 5.92 Å². The number of rotatable bonds is 13. The SMILES string of the molecule is CC(C)OC(=O)[C@@H](C)CN[P@@](=O)(CO[C@H](C)Cn1cnc2c(N)ncnc21)N[C@@H](C)C(=O)O. The summed E-state index contributed by atoms with van der Waals surface area (Å²) in [5, 5.41) is 14.6. The summed E-state index contributed by atoms with van der Waals surface area (Å²) in [6.07, 6.45) is 1.88. The van der Waals surface area contributed by atoms with E-state index in [9.17, 15) is 19.3 Å². The van der Waals surface area contributed by atoms with E-state index in [4.69, 9.17) is 15.2 Å². The van der Waals surface area contributed by atoms with Crippen LogP contribution in [0.15, 0.2) is 12.7 Å². The van der Waals surface area contributed by atoms with E-state index in [1.54, 1.807) is 38.6 Å². The van der Waals surface area contributed by atoms with Gasteiger partial charge in [0.25, 0.3) is 0 Å². The van der Waals surface area contributed by atoms with E-state index in [-0.39, 0.29) is 24.8 Å². The van der Waals surface area contributed by atoms with Crippen molar-refractivity contribution >= 4 is 36.4 Å². The molecule has 0 amide bonds. The van der Waals surface area contributed by atoms with E-state index in [0.717, 1.165) is 0 Å². The van der Waals surface area contributed by atoms with Gasteiger partial charge in [0.1, 0.15) is 24.2 Å². The number of nitrogens with zero attached hydrogens (tertiary/aromatic N) is 4. The van der Waals surface area contributed by atoms with Crippen molar-refractivity contribution in [1.82, 2.24) is 29.7 Å². The maximum Gasteiger partial charge on any atom is 0.320 e. The number of anilines is 1. The first-order valence-corrected chi connectivity index (χ1v) is 12.4. The molecule has 0 saturated heterocycles. The summed E-state index contributed by atoms with van der Waals surface area (Å²) >= 11 is 0. The van der Waals surface area contributed by atoms with E-state index >= 15 is 0 Å². The highest BCUT2D eigenvalue weighted by Crippen LogP contribution is 2.37. The maximum absolute atomic E-state index is 13.4. The second-order valence-corrected chi connectivity index (χ2v) is 10.4. The third kappa shape index (κ3) is 7.74. The second kappa shape index (κ2) is 11.5. The number of aromatic nitrogens is 4. The van der Waals surface area contributed by atoms with E-state index in [0.29, 0.717) is 17.7 Å². The minimum absolute atomic E-state index is 0.0161. The number of hydrogen-bond acceptors (Lipinski definition) is 9. The van der Waals surface area contributed by atoms with Gasteiger partial charge in [0, 0.05) is 6.54 Å². The highest BCUT2D eigenvalue weighted by atomic mass is 31.2. The highest BCUT2D eigenvalue weighted by Gasteiger charge is 2.30. The molecular formula is C19H32N7O6P. The van der Waals surface area contributed by atoms with Gasteiger partial charge in [-0.25, -0.2) is 20.0 Å². The Morgan fingerprint density at radius 3 is 2.55 bits per heavy atom. The fraction of sp³-hybridized carbons (Fsp3) is 0.632. The molecule has 33 heavy (non-hydrogen) atoms. The smallest absolute Gasteiger partial charge is 0.320 e. The Kier molecular flexibility index (Phi) is 9.29. The van der Waals surface area contributed by atoms with Crippen LogP contribution in [0.2, 0.25) is 0 Å². The maximum atomic E-state index is 13.4. The van der Waals surface area contributed by atoms with Crippen LogP contribution < -0.4 is 15.9 Å². The molecule has 0 aromatic carbocycles. The Morgan fingerprint density at radius 2 is 1.91 bits per heavy atom. The van der Waals surface area contributed by atoms with E-state index in [1.165, 1.54) is 13.3 Å². The molecule has 0 bridgehead atoms. The number of nitrogens with one attached hydrogen (secondary N) is 2. The molecule has 0 saturated carbocycles. The van der Waals surface area contributed by atoms with Crippen LogP contribution in [0.1, 0.15) is 34.6 Å². The van der Waals surface area contributed by atoms with Gasteiger partial charge in [-0.05, 0) is 27.7 Å². The molecule has 13 nitrogen and oxygen atoms in total. The third-order valence-corrected chi connectivity index (χ3v) is 6.61. The van der Waals surface area contributed by atoms with Crippen molar-refractivity contribution in [3.63, 3.8) is 0 Å². The molecule has 4 atom stereocenters. The molecule has 2 heterocycles. The van der Waals surface area contributed by atoms with Crippen LogP contribution in [0.25, 0.3) is 11.2 Å². The monoisotopic (exact) mass is 485 g/mol. The number of carbonyl (C=O) groups is 2. The van der Waals surface area contributed by atoms with Crippen molar-refractivity contribution in [3.05, 3.63) is 12.7 Å². The van der Waals surface area contributed by atoms with Gasteiger partial charge in [0.05, 0.1) is 31.0 Å². The van der Waals surface area contributed by atoms with E-state index < -0.39 is 37.4 Å². The number of nitrogen functional groups attached to an aromatic ring is 1. The van der Waals surface area contributed by atoms with E-state index in [2.05, 4.69) is 25.1 Å². The standard InChI is InChI=1S/C19H32N7O6P/c1-11(2)32-19(29)12(3)6-24-33(30,25-14(5)18(27)28)10-31-13(4)7-26-9-23-15-16(20)21-8-22-17(15)26/h8-9,11-14H,6-7,10H2,1-5H3,(H,27,28)(H2,20,21,22)(H2,24,25,30)/t12-,13+,14-,33-/m0/s1. The molecule has 5 N–H and O–H groups in total. The van der Waals surface area contributed by atoms with Crippen LogP contribution >= 0.6 is 7.44 Å². The highest BCUT2D eigenvalue weighted by molar-refractivity contribution is 7.59. The molecule has 0 aliphatic rings. The van der Waals surface area contributed by atoms with Gasteiger partial charge >= 0.3 is 11.9 Å². The molecule has 14 heteroatoms. The molecule has 184 valence electrons. The summed E-state index contributed by atoms with van der Waals surface area (Å²) in [4.78, 5) is 35.6. The van der Waals surface area contributed by atoms with Gasteiger partial charge in [-0.15, -0.1) is 0 Å². The summed E-state index contributed by atoms with van der Waals surface area (Å²) in [6, 6.07) is -1.10. The van der Waals surface area contributed by atoms with Crippen molar-refractivity contribution in [2.24, 2.45) is 5.92 Å². The zero-order valence-electron chi connectivity index (χ0n) is 19.4. The van der Waals surface area contributed by atoms with E-state index in [1.807, 2.05) is 0 Å². The number of imidazole rings is 1. The molecule has 0 unspecified atom stereocenters. The minimum Gasteiger partial charge on any atom is -0.480 e. The zero-order chi connectivity index (χ0) is 24.8. The number of nitrogens with two attached hydrogens (primary N) is 1. The van der Waals surface area contributed by atoms with Gasteiger partial charge in [0.2, 0.25) is 7.44 Å². The average molecular weight is 485 g/mol. The van der Waals surface area contributed by atoms with Crippen LogP contribution in [0.4, 0.5) is 5.82 Å². The number of carboxylic acids is 1. The predicted octanol–water partition coefficient (Wildman–Crippen LogP) is 1.20.